The van der Waals surface area contributed by atoms with Crippen molar-refractivity contribution in [1.29, 1.82) is 0 Å². The number of nitrogens with zero attached hydrogens (tertiary/aromatic N) is 6. The van der Waals surface area contributed by atoms with Gasteiger partial charge in [0.25, 0.3) is 0 Å². The second-order valence-corrected chi connectivity index (χ2v) is 21.3. The van der Waals surface area contributed by atoms with Crippen LogP contribution in [0.4, 0.5) is 16.0 Å². The molecule has 2 aromatic rings. The molecule has 326 valence electrons. The fourth-order valence-electron chi connectivity index (χ4n) is 15.4. The summed E-state index contributed by atoms with van der Waals surface area (Å²) < 4.78 is 13.8. The smallest absolute Gasteiger partial charge is 0.226 e. The molecule has 0 aromatic carbocycles. The SMILES string of the molecule is CC[C@@H]1C[C@@H]2CC3(CCC2(C24CC5C[C@@H](CC(C(=O)NCCCN6CCN(c7cccc(F)n7)CC6)(C5)C2)C4)Cc2cccc(n2)N2CCN(CCCCNC3=O)CC2)C1. The summed E-state index contributed by atoms with van der Waals surface area (Å²) in [6, 6.07) is 11.8. The molecule has 14 rings (SSSR count). The lowest BCUT2D eigenvalue weighted by Crippen LogP contribution is -2.66. The minimum Gasteiger partial charge on any atom is -0.356 e. The van der Waals surface area contributed by atoms with Crippen molar-refractivity contribution in [2.24, 2.45) is 45.3 Å². The average Bonchev–Trinajstić information content (AvgIpc) is 3.25. The van der Waals surface area contributed by atoms with E-state index in [9.17, 15) is 14.0 Å². The van der Waals surface area contributed by atoms with E-state index in [2.05, 4.69) is 60.3 Å². The molecule has 5 unspecified atom stereocenters. The van der Waals surface area contributed by atoms with Crippen LogP contribution in [0.2, 0.25) is 0 Å². The molecule has 0 radical (unpaired) electrons. The van der Waals surface area contributed by atoms with Gasteiger partial charge in [0, 0.05) is 76.6 Å². The number of aromatic nitrogens is 2. The second-order valence-electron chi connectivity index (χ2n) is 21.3. The highest BCUT2D eigenvalue weighted by molar-refractivity contribution is 5.84. The zero-order valence-electron chi connectivity index (χ0n) is 36.5. The van der Waals surface area contributed by atoms with E-state index in [0.29, 0.717) is 47.8 Å². The molecule has 2 saturated heterocycles. The Morgan fingerprint density at radius 3 is 2.32 bits per heavy atom. The molecule has 6 aliphatic heterocycles. The number of carbonyl (C=O) groups excluding carboxylic acids is 2. The Balaban J connectivity index is 0.899. The maximum Gasteiger partial charge on any atom is 0.226 e. The van der Waals surface area contributed by atoms with Crippen LogP contribution in [0.5, 0.6) is 0 Å². The second kappa shape index (κ2) is 16.4. The summed E-state index contributed by atoms with van der Waals surface area (Å²) in [7, 11) is 0. The van der Waals surface area contributed by atoms with Crippen molar-refractivity contribution < 1.29 is 14.0 Å². The number of carbonyl (C=O) groups is 2. The van der Waals surface area contributed by atoms with Gasteiger partial charge in [0.05, 0.1) is 5.41 Å². The Bertz CT molecular complexity index is 1860. The van der Waals surface area contributed by atoms with E-state index in [4.69, 9.17) is 4.98 Å². The molecule has 60 heavy (non-hydrogen) atoms. The summed E-state index contributed by atoms with van der Waals surface area (Å²) in [5.74, 6) is 4.28. The summed E-state index contributed by atoms with van der Waals surface area (Å²) in [5, 5.41) is 7.08. The van der Waals surface area contributed by atoms with E-state index in [1.807, 2.05) is 6.07 Å². The maximum atomic E-state index is 14.8. The van der Waals surface area contributed by atoms with Crippen LogP contribution in [0.15, 0.2) is 36.4 Å². The molecule has 11 bridgehead atoms. The number of nitrogens with one attached hydrogen (secondary N) is 2. The molecule has 8 atom stereocenters. The first-order chi connectivity index (χ1) is 29.2. The summed E-state index contributed by atoms with van der Waals surface area (Å²) >= 11 is 0. The molecule has 6 saturated carbocycles. The normalized spacial score (nSPS) is 38.0. The van der Waals surface area contributed by atoms with Gasteiger partial charge in [0.1, 0.15) is 11.6 Å². The van der Waals surface area contributed by atoms with Crippen molar-refractivity contribution in [1.82, 2.24) is 30.4 Å². The number of pyridine rings is 2. The first-order valence-corrected chi connectivity index (χ1v) is 24.3. The summed E-state index contributed by atoms with van der Waals surface area (Å²) in [6.45, 7) is 13.6. The first kappa shape index (κ1) is 40.7. The van der Waals surface area contributed by atoms with E-state index >= 15 is 0 Å². The molecule has 1 spiro atoms. The number of anilines is 2. The summed E-state index contributed by atoms with van der Waals surface area (Å²) in [5.41, 5.74) is 0.759. The van der Waals surface area contributed by atoms with Crippen LogP contribution in [-0.2, 0) is 16.0 Å². The Morgan fingerprint density at radius 2 is 1.57 bits per heavy atom. The molecule has 8 heterocycles. The number of piperazine rings is 2. The van der Waals surface area contributed by atoms with Gasteiger partial charge in [-0.1, -0.05) is 25.5 Å². The van der Waals surface area contributed by atoms with Gasteiger partial charge in [-0.25, -0.2) is 9.97 Å². The molecule has 12 aliphatic rings. The highest BCUT2D eigenvalue weighted by Gasteiger charge is 2.70. The third-order valence-electron chi connectivity index (χ3n) is 17.9. The average molecular weight is 823 g/mol. The zero-order chi connectivity index (χ0) is 41.0. The topological polar surface area (TPSA) is 96.9 Å². The largest absolute Gasteiger partial charge is 0.356 e. The van der Waals surface area contributed by atoms with Crippen LogP contribution in [0, 0.1) is 51.3 Å². The predicted molar refractivity (Wildman–Crippen MR) is 234 cm³/mol. The fourth-order valence-corrected chi connectivity index (χ4v) is 15.4. The van der Waals surface area contributed by atoms with Crippen molar-refractivity contribution in [2.45, 2.75) is 110 Å². The van der Waals surface area contributed by atoms with Gasteiger partial charge >= 0.3 is 0 Å². The van der Waals surface area contributed by atoms with Gasteiger partial charge in [0.2, 0.25) is 17.8 Å². The minimum absolute atomic E-state index is 0.0207. The number of rotatable bonds is 8. The van der Waals surface area contributed by atoms with E-state index in [0.717, 1.165) is 155 Å². The highest BCUT2D eigenvalue weighted by atomic mass is 19.1. The Labute approximate surface area is 358 Å². The molecule has 2 N–H and O–H groups in total. The van der Waals surface area contributed by atoms with Gasteiger partial charge in [-0.3, -0.25) is 19.4 Å². The fraction of sp³-hybridized carbons (Fsp3) is 0.755. The minimum atomic E-state index is -0.428. The zero-order valence-corrected chi connectivity index (χ0v) is 36.5. The lowest BCUT2D eigenvalue weighted by atomic mass is 9.33. The quantitative estimate of drug-likeness (QED) is 0.225. The highest BCUT2D eigenvalue weighted by Crippen LogP contribution is 2.76. The van der Waals surface area contributed by atoms with Crippen LogP contribution in [0.25, 0.3) is 0 Å². The Morgan fingerprint density at radius 1 is 0.833 bits per heavy atom. The van der Waals surface area contributed by atoms with Crippen LogP contribution in [-0.4, -0.2) is 110 Å². The molecule has 6 aliphatic carbocycles. The van der Waals surface area contributed by atoms with Crippen molar-refractivity contribution in [2.75, 3.05) is 88.3 Å². The molecule has 8 fully saturated rings. The number of hydrogen-bond donors (Lipinski definition) is 2. The van der Waals surface area contributed by atoms with E-state index in [1.54, 1.807) is 6.07 Å². The Hall–Kier alpha value is -3.31. The van der Waals surface area contributed by atoms with Gasteiger partial charge < -0.3 is 20.4 Å². The lowest BCUT2D eigenvalue weighted by molar-refractivity contribution is -0.217. The van der Waals surface area contributed by atoms with Gasteiger partial charge in [-0.15, -0.1) is 0 Å². The Kier molecular flexibility index (Phi) is 11.2. The summed E-state index contributed by atoms with van der Waals surface area (Å²) in [6.07, 6.45) is 17.3. The molecule has 10 nitrogen and oxygen atoms in total. The van der Waals surface area contributed by atoms with Crippen LogP contribution in [0.3, 0.4) is 0 Å². The van der Waals surface area contributed by atoms with Gasteiger partial charge in [-0.05, 0) is 168 Å². The van der Waals surface area contributed by atoms with Gasteiger partial charge in [0.15, 0.2) is 0 Å². The van der Waals surface area contributed by atoms with Crippen molar-refractivity contribution >= 4 is 23.5 Å². The summed E-state index contributed by atoms with van der Waals surface area (Å²) in [4.78, 5) is 48.7. The third-order valence-corrected chi connectivity index (χ3v) is 17.9. The number of hydrogen-bond acceptors (Lipinski definition) is 8. The number of halogens is 1. The first-order valence-electron chi connectivity index (χ1n) is 24.3. The van der Waals surface area contributed by atoms with E-state index in [-0.39, 0.29) is 21.7 Å². The van der Waals surface area contributed by atoms with Crippen LogP contribution >= 0.6 is 0 Å². The molecular weight excluding hydrogens is 752 g/mol. The monoisotopic (exact) mass is 823 g/mol. The lowest BCUT2D eigenvalue weighted by Gasteiger charge is -2.71. The van der Waals surface area contributed by atoms with Crippen LogP contribution < -0.4 is 20.4 Å². The van der Waals surface area contributed by atoms with E-state index in [1.165, 1.54) is 37.4 Å². The molecule has 11 heteroatoms. The standard InChI is InChI=1S/C49H71FN8O2/c1-2-36-27-39-33-46(28-36)12-13-49(39,34-40-8-5-10-42(53-40)57-22-18-55(19-23-57)16-4-3-14-51-44(46)59)48-31-37-26-38(32-48)30-47(29-37,35-48)45(60)52-15-7-17-56-20-24-58(25-21-56)43-11-6-9-41(50)54-43/h5-6,8-11,36-39H,2-4,7,12-35H2,1H3,(H,51,59)(H,52,60)/t36-,37+,38?,39-,46?,47?,48?,49?/m1/s1. The molecular formula is C49H71FN8O2. The van der Waals surface area contributed by atoms with Crippen molar-refractivity contribution in [3.8, 4) is 0 Å². The van der Waals surface area contributed by atoms with Crippen molar-refractivity contribution in [3.05, 3.63) is 48.0 Å². The van der Waals surface area contributed by atoms with Crippen LogP contribution in [0.1, 0.15) is 109 Å². The van der Waals surface area contributed by atoms with Crippen molar-refractivity contribution in [3.63, 3.8) is 0 Å². The van der Waals surface area contributed by atoms with E-state index < -0.39 is 5.95 Å². The third kappa shape index (κ3) is 7.53. The maximum absolute atomic E-state index is 14.8. The molecule has 2 aromatic heterocycles. The number of amides is 2. The molecule has 2 amide bonds. The van der Waals surface area contributed by atoms with Gasteiger partial charge in [-0.2, -0.15) is 4.39 Å². The predicted octanol–water partition coefficient (Wildman–Crippen LogP) is 6.70.